The van der Waals surface area contributed by atoms with Crippen LogP contribution >= 0.6 is 0 Å². The molecule has 0 aromatic rings. The minimum atomic E-state index is 0.170. The van der Waals surface area contributed by atoms with Gasteiger partial charge in [-0.15, -0.1) is 0 Å². The van der Waals surface area contributed by atoms with Crippen molar-refractivity contribution < 1.29 is 5.21 Å². The van der Waals surface area contributed by atoms with E-state index in [0.29, 0.717) is 6.54 Å². The lowest BCUT2D eigenvalue weighted by Gasteiger charge is -2.09. The van der Waals surface area contributed by atoms with Crippen LogP contribution in [0.2, 0.25) is 0 Å². The van der Waals surface area contributed by atoms with Gasteiger partial charge < -0.3 is 10.9 Å². The van der Waals surface area contributed by atoms with E-state index >= 15 is 0 Å². The molecule has 0 unspecified atom stereocenters. The van der Waals surface area contributed by atoms with Crippen LogP contribution in [0.1, 0.15) is 0 Å². The normalized spacial score (nSPS) is 12.6. The maximum Gasteiger partial charge on any atom is 0.154 e. The molecule has 0 saturated heterocycles. The molecule has 5 heteroatoms. The zero-order valence-corrected chi connectivity index (χ0v) is 5.63. The molecule has 0 aromatic heterocycles. The number of oxime groups is 1. The molecule has 54 valence electrons. The van der Waals surface area contributed by atoms with Crippen molar-refractivity contribution in [2.45, 2.75) is 0 Å². The number of hydrogen-bond donors (Lipinski definition) is 3. The van der Waals surface area contributed by atoms with E-state index in [1.165, 1.54) is 0 Å². The summed E-state index contributed by atoms with van der Waals surface area (Å²) in [5, 5.41) is 12.5. The van der Waals surface area contributed by atoms with Gasteiger partial charge in [0.2, 0.25) is 0 Å². The van der Waals surface area contributed by atoms with E-state index < -0.39 is 0 Å². The highest BCUT2D eigenvalue weighted by atomic mass is 16.4. The molecule has 0 aromatic carbocycles. The van der Waals surface area contributed by atoms with Crippen molar-refractivity contribution in [1.82, 2.24) is 10.4 Å². The van der Waals surface area contributed by atoms with E-state index in [-0.39, 0.29) is 5.84 Å². The number of hydrogen-bond acceptors (Lipinski definition) is 4. The molecule has 0 radical (unpaired) electrons. The molecule has 4 N–H and O–H groups in total. The van der Waals surface area contributed by atoms with Crippen LogP contribution in [0.5, 0.6) is 0 Å². The van der Waals surface area contributed by atoms with E-state index in [2.05, 4.69) is 10.6 Å². The molecular weight excluding hydrogens is 120 g/mol. The highest BCUT2D eigenvalue weighted by Crippen LogP contribution is 1.64. The Morgan fingerprint density at radius 2 is 2.33 bits per heavy atom. The zero-order valence-electron chi connectivity index (χ0n) is 5.63. The van der Waals surface area contributed by atoms with Gasteiger partial charge in [0.15, 0.2) is 5.84 Å². The molecule has 0 aliphatic rings. The number of nitrogens with one attached hydrogen (secondary N) is 1. The first-order chi connectivity index (χ1) is 4.16. The van der Waals surface area contributed by atoms with Gasteiger partial charge in [-0.1, -0.05) is 5.16 Å². The Bertz CT molecular complexity index is 101. The fourth-order valence-corrected chi connectivity index (χ4v) is 0.274. The molecule has 0 fully saturated rings. The van der Waals surface area contributed by atoms with Crippen LogP contribution in [0.15, 0.2) is 5.16 Å². The first-order valence-electron chi connectivity index (χ1n) is 2.54. The van der Waals surface area contributed by atoms with Crippen molar-refractivity contribution in [1.29, 1.82) is 0 Å². The summed E-state index contributed by atoms with van der Waals surface area (Å²) in [6.07, 6.45) is 0. The predicted octanol–water partition coefficient (Wildman–Crippen LogP) is -1.20. The number of nitrogens with zero attached hydrogens (tertiary/aromatic N) is 2. The first kappa shape index (κ1) is 8.19. The summed E-state index contributed by atoms with van der Waals surface area (Å²) in [6, 6.07) is 0. The smallest absolute Gasteiger partial charge is 0.154 e. The van der Waals surface area contributed by atoms with Gasteiger partial charge in [-0.2, -0.15) is 0 Å². The van der Waals surface area contributed by atoms with Gasteiger partial charge in [-0.05, 0) is 0 Å². The molecule has 0 atom stereocenters. The highest BCUT2D eigenvalue weighted by molar-refractivity contribution is 5.81. The van der Waals surface area contributed by atoms with Crippen molar-refractivity contribution in [2.75, 3.05) is 20.6 Å². The second-order valence-corrected chi connectivity index (χ2v) is 1.82. The van der Waals surface area contributed by atoms with E-state index in [0.717, 1.165) is 0 Å². The van der Waals surface area contributed by atoms with Gasteiger partial charge in [-0.3, -0.25) is 5.01 Å². The Labute approximate surface area is 54.1 Å². The Morgan fingerprint density at radius 1 is 1.78 bits per heavy atom. The average molecular weight is 132 g/mol. The number of hydrazine groups is 1. The lowest BCUT2D eigenvalue weighted by molar-refractivity contribution is 0.297. The number of nitrogens with two attached hydrogens (primary N) is 1. The molecule has 0 bridgehead atoms. The lowest BCUT2D eigenvalue weighted by Crippen LogP contribution is -2.37. The van der Waals surface area contributed by atoms with Gasteiger partial charge >= 0.3 is 0 Å². The molecule has 0 aliphatic carbocycles. The van der Waals surface area contributed by atoms with Gasteiger partial charge in [-0.25, -0.2) is 5.43 Å². The Morgan fingerprint density at radius 3 is 2.67 bits per heavy atom. The molecule has 0 aliphatic heterocycles. The van der Waals surface area contributed by atoms with E-state index in [1.807, 2.05) is 14.1 Å². The van der Waals surface area contributed by atoms with Crippen LogP contribution in [0, 0.1) is 0 Å². The third-order valence-corrected chi connectivity index (χ3v) is 0.705. The maximum absolute atomic E-state index is 8.05. The molecular formula is C4H12N4O. The summed E-state index contributed by atoms with van der Waals surface area (Å²) >= 11 is 0. The number of amidine groups is 1. The van der Waals surface area contributed by atoms with E-state index in [4.69, 9.17) is 10.9 Å². The standard InChI is InChI=1S/C4H12N4O/c1-8(2)6-3-4(5)7-9/h6,9H,3H2,1-2H3,(H2,5,7). The number of rotatable bonds is 3. The predicted molar refractivity (Wildman–Crippen MR) is 35.1 cm³/mol. The summed E-state index contributed by atoms with van der Waals surface area (Å²) < 4.78 is 0. The molecule has 0 rings (SSSR count). The van der Waals surface area contributed by atoms with Crippen LogP contribution in [0.3, 0.4) is 0 Å². The van der Waals surface area contributed by atoms with Gasteiger partial charge in [0.25, 0.3) is 0 Å². The second kappa shape index (κ2) is 4.11. The van der Waals surface area contributed by atoms with E-state index in [1.54, 1.807) is 5.01 Å². The molecule has 0 amide bonds. The largest absolute Gasteiger partial charge is 0.409 e. The zero-order chi connectivity index (χ0) is 7.28. The molecule has 9 heavy (non-hydrogen) atoms. The summed E-state index contributed by atoms with van der Waals surface area (Å²) in [7, 11) is 3.65. The monoisotopic (exact) mass is 132 g/mol. The van der Waals surface area contributed by atoms with Crippen molar-refractivity contribution in [3.63, 3.8) is 0 Å². The minimum Gasteiger partial charge on any atom is -0.409 e. The Balaban J connectivity index is 3.28. The third-order valence-electron chi connectivity index (χ3n) is 0.705. The van der Waals surface area contributed by atoms with Crippen molar-refractivity contribution in [3.8, 4) is 0 Å². The topological polar surface area (TPSA) is 73.9 Å². The van der Waals surface area contributed by atoms with Crippen LogP contribution in [-0.4, -0.2) is 36.7 Å². The SMILES string of the molecule is CN(C)NC/C(N)=N/O. The summed E-state index contributed by atoms with van der Waals surface area (Å²) in [5.74, 6) is 0.170. The van der Waals surface area contributed by atoms with Crippen molar-refractivity contribution in [3.05, 3.63) is 0 Å². The molecule has 0 spiro atoms. The van der Waals surface area contributed by atoms with Crippen LogP contribution in [-0.2, 0) is 0 Å². The van der Waals surface area contributed by atoms with Crippen molar-refractivity contribution >= 4 is 5.84 Å². The summed E-state index contributed by atoms with van der Waals surface area (Å²) in [5.41, 5.74) is 7.95. The third kappa shape index (κ3) is 5.05. The quantitative estimate of drug-likeness (QED) is 0.195. The second-order valence-electron chi connectivity index (χ2n) is 1.82. The highest BCUT2D eigenvalue weighted by Gasteiger charge is 1.90. The fourth-order valence-electron chi connectivity index (χ4n) is 0.274. The Hall–Kier alpha value is -0.810. The Kier molecular flexibility index (Phi) is 3.74. The van der Waals surface area contributed by atoms with Crippen LogP contribution < -0.4 is 11.2 Å². The average Bonchev–Trinajstić information content (AvgIpc) is 1.83. The lowest BCUT2D eigenvalue weighted by atomic mass is 10.6. The molecule has 0 saturated carbocycles. The van der Waals surface area contributed by atoms with Gasteiger partial charge in [0, 0.05) is 14.1 Å². The van der Waals surface area contributed by atoms with Crippen LogP contribution in [0.4, 0.5) is 0 Å². The minimum absolute atomic E-state index is 0.170. The van der Waals surface area contributed by atoms with Gasteiger partial charge in [0.05, 0.1) is 6.54 Å². The van der Waals surface area contributed by atoms with Crippen LogP contribution in [0.25, 0.3) is 0 Å². The molecule has 0 heterocycles. The van der Waals surface area contributed by atoms with Crippen molar-refractivity contribution in [2.24, 2.45) is 10.9 Å². The summed E-state index contributed by atoms with van der Waals surface area (Å²) in [6.45, 7) is 0.365. The summed E-state index contributed by atoms with van der Waals surface area (Å²) in [4.78, 5) is 0. The maximum atomic E-state index is 8.05. The van der Waals surface area contributed by atoms with Gasteiger partial charge in [0.1, 0.15) is 0 Å². The first-order valence-corrected chi connectivity index (χ1v) is 2.54. The fraction of sp³-hybridized carbons (Fsp3) is 0.750. The van der Waals surface area contributed by atoms with E-state index in [9.17, 15) is 0 Å². The molecule has 5 nitrogen and oxygen atoms in total.